The largest absolute Gasteiger partial charge is 0.497 e. The number of benzene rings is 1. The smallest absolute Gasteiger partial charge is 0.303 e. The minimum absolute atomic E-state index is 0.0198. The van der Waals surface area contributed by atoms with Gasteiger partial charge in [0.05, 0.1) is 19.6 Å². The van der Waals surface area contributed by atoms with Crippen LogP contribution in [-0.2, 0) is 19.7 Å². The number of carbonyl (C=O) groups is 2. The van der Waals surface area contributed by atoms with Gasteiger partial charge in [0.25, 0.3) is 0 Å². The summed E-state index contributed by atoms with van der Waals surface area (Å²) in [5.41, 5.74) is 0.915. The van der Waals surface area contributed by atoms with Gasteiger partial charge < -0.3 is 18.8 Å². The number of esters is 1. The van der Waals surface area contributed by atoms with Crippen LogP contribution in [0.15, 0.2) is 53.4 Å². The molecule has 2 aliphatic carbocycles. The molecule has 0 spiro atoms. The van der Waals surface area contributed by atoms with Crippen molar-refractivity contribution in [1.29, 1.82) is 0 Å². The highest BCUT2D eigenvalue weighted by atomic mass is 16.6. The van der Waals surface area contributed by atoms with Gasteiger partial charge in [0.15, 0.2) is 0 Å². The third-order valence-electron chi connectivity index (χ3n) is 8.70. The van der Waals surface area contributed by atoms with Gasteiger partial charge >= 0.3 is 5.97 Å². The van der Waals surface area contributed by atoms with E-state index in [2.05, 4.69) is 17.0 Å². The van der Waals surface area contributed by atoms with Crippen LogP contribution in [0.1, 0.15) is 56.6 Å². The minimum atomic E-state index is -0.647. The summed E-state index contributed by atoms with van der Waals surface area (Å²) < 4.78 is 17.1. The van der Waals surface area contributed by atoms with Gasteiger partial charge in [-0.3, -0.25) is 14.5 Å². The number of hydrogen-bond acceptors (Lipinski definition) is 6. The summed E-state index contributed by atoms with van der Waals surface area (Å²) in [7, 11) is 3.56. The van der Waals surface area contributed by atoms with Crippen LogP contribution in [0.3, 0.4) is 0 Å². The molecule has 1 saturated heterocycles. The van der Waals surface area contributed by atoms with Gasteiger partial charge in [-0.05, 0) is 80.8 Å². The summed E-state index contributed by atoms with van der Waals surface area (Å²) in [4.78, 5) is 30.1. The second kappa shape index (κ2) is 10.4. The van der Waals surface area contributed by atoms with Crippen molar-refractivity contribution < 1.29 is 23.5 Å². The molecule has 5 rings (SSSR count). The predicted octanol–water partition coefficient (Wildman–Crippen LogP) is 4.67. The Morgan fingerprint density at radius 2 is 2.05 bits per heavy atom. The van der Waals surface area contributed by atoms with Crippen molar-refractivity contribution >= 4 is 18.0 Å². The first-order valence-corrected chi connectivity index (χ1v) is 13.4. The van der Waals surface area contributed by atoms with Crippen LogP contribution in [-0.4, -0.2) is 67.1 Å². The molecule has 1 amide bonds. The predicted molar refractivity (Wildman–Crippen MR) is 141 cm³/mol. The highest BCUT2D eigenvalue weighted by molar-refractivity contribution is 5.91. The number of likely N-dealkylation sites (tertiary alicyclic amines) is 1. The zero-order valence-corrected chi connectivity index (χ0v) is 22.2. The van der Waals surface area contributed by atoms with Crippen molar-refractivity contribution in [3.05, 3.63) is 60.1 Å². The first kappa shape index (κ1) is 25.6. The molecule has 198 valence electrons. The molecule has 7 heteroatoms. The number of rotatable bonds is 8. The molecule has 0 N–H and O–H groups in total. The number of nitrogens with zero attached hydrogens (tertiary/aromatic N) is 2. The fourth-order valence-electron chi connectivity index (χ4n) is 6.57. The summed E-state index contributed by atoms with van der Waals surface area (Å²) in [5, 5.41) is 0. The Bertz CT molecular complexity index is 1140. The number of piperidine rings is 1. The number of ether oxygens (including phenoxy) is 2. The normalized spacial score (nSPS) is 28.0. The molecular formula is C30H38N2O5. The minimum Gasteiger partial charge on any atom is -0.497 e. The molecule has 1 aromatic carbocycles. The molecule has 7 nitrogen and oxygen atoms in total. The number of fused-ring (bicyclic) bond motifs is 1. The van der Waals surface area contributed by atoms with Crippen molar-refractivity contribution in [1.82, 2.24) is 9.80 Å². The van der Waals surface area contributed by atoms with Gasteiger partial charge in [0.1, 0.15) is 11.4 Å². The Hall–Kier alpha value is -3.06. The van der Waals surface area contributed by atoms with Crippen molar-refractivity contribution in [2.24, 2.45) is 5.92 Å². The van der Waals surface area contributed by atoms with Crippen LogP contribution in [0.25, 0.3) is 6.08 Å². The number of methoxy groups -OCH3 is 1. The molecule has 0 radical (unpaired) electrons. The number of furan rings is 1. The molecule has 3 aliphatic rings. The van der Waals surface area contributed by atoms with E-state index in [0.29, 0.717) is 6.42 Å². The van der Waals surface area contributed by atoms with Crippen LogP contribution >= 0.6 is 0 Å². The summed E-state index contributed by atoms with van der Waals surface area (Å²) in [5.74, 6) is 1.27. The number of carbonyl (C=O) groups excluding carboxylic acids is 2. The molecule has 2 heterocycles. The lowest BCUT2D eigenvalue weighted by Gasteiger charge is -2.60. The highest BCUT2D eigenvalue weighted by Crippen LogP contribution is 2.55. The van der Waals surface area contributed by atoms with Gasteiger partial charge in [-0.2, -0.15) is 0 Å². The van der Waals surface area contributed by atoms with Crippen LogP contribution < -0.4 is 4.74 Å². The van der Waals surface area contributed by atoms with Crippen LogP contribution in [0.4, 0.5) is 0 Å². The number of hydrogen-bond donors (Lipinski definition) is 0. The van der Waals surface area contributed by atoms with E-state index in [1.165, 1.54) is 19.8 Å². The summed E-state index contributed by atoms with van der Waals surface area (Å²) in [6, 6.07) is 10.0. The molecule has 2 saturated carbocycles. The average molecular weight is 507 g/mol. The van der Waals surface area contributed by atoms with E-state index in [9.17, 15) is 9.59 Å². The van der Waals surface area contributed by atoms with Gasteiger partial charge in [-0.25, -0.2) is 0 Å². The molecule has 2 aromatic rings. The maximum Gasteiger partial charge on any atom is 0.303 e. The summed E-state index contributed by atoms with van der Waals surface area (Å²) >= 11 is 0. The molecule has 1 aliphatic heterocycles. The Morgan fingerprint density at radius 1 is 1.22 bits per heavy atom. The summed E-state index contributed by atoms with van der Waals surface area (Å²) in [6.07, 6.45) is 12.3. The Labute approximate surface area is 219 Å². The quantitative estimate of drug-likeness (QED) is 0.383. The topological polar surface area (TPSA) is 72.2 Å². The maximum atomic E-state index is 13.2. The lowest BCUT2D eigenvalue weighted by Crippen LogP contribution is -2.68. The van der Waals surface area contributed by atoms with E-state index >= 15 is 0 Å². The van der Waals surface area contributed by atoms with E-state index in [0.717, 1.165) is 61.7 Å². The number of likely N-dealkylation sites (N-methyl/N-ethyl adjacent to an activating group) is 1. The van der Waals surface area contributed by atoms with Gasteiger partial charge in [-0.15, -0.1) is 0 Å². The van der Waals surface area contributed by atoms with Gasteiger partial charge in [0.2, 0.25) is 5.91 Å². The Kier molecular flexibility index (Phi) is 7.17. The average Bonchev–Trinajstić information content (AvgIpc) is 3.55. The van der Waals surface area contributed by atoms with Crippen molar-refractivity contribution in [3.63, 3.8) is 0 Å². The zero-order chi connectivity index (χ0) is 26.0. The fourth-order valence-corrected chi connectivity index (χ4v) is 6.57. The first-order valence-electron chi connectivity index (χ1n) is 13.4. The summed E-state index contributed by atoms with van der Waals surface area (Å²) in [6.45, 7) is 4.26. The van der Waals surface area contributed by atoms with E-state index in [1.54, 1.807) is 31.8 Å². The lowest BCUT2D eigenvalue weighted by atomic mass is 9.55. The zero-order valence-electron chi connectivity index (χ0n) is 22.2. The second-order valence-electron chi connectivity index (χ2n) is 11.1. The molecule has 3 fully saturated rings. The fraction of sp³-hybridized carbons (Fsp3) is 0.533. The standard InChI is InChI=1S/C30H38N2O5/c1-22(33)37-30-13-11-26(31(2)28(34)10-9-24-12-16-36-20-24)18-29(30,25-5-4-6-27(17-25)35-3)14-15-32(21-30)19-23-7-8-23/h4-6,9-10,12,16-17,20,23,26H,7-8,11,13-15,18-19,21H2,1-3H3/b10-9+/t26-,29+,30+/m1/s1. The van der Waals surface area contributed by atoms with E-state index < -0.39 is 11.0 Å². The van der Waals surface area contributed by atoms with E-state index in [1.807, 2.05) is 30.1 Å². The maximum absolute atomic E-state index is 13.2. The highest BCUT2D eigenvalue weighted by Gasteiger charge is 2.61. The van der Waals surface area contributed by atoms with Crippen LogP contribution in [0.2, 0.25) is 0 Å². The molecular weight excluding hydrogens is 468 g/mol. The first-order chi connectivity index (χ1) is 17.8. The number of amides is 1. The Balaban J connectivity index is 1.48. The Morgan fingerprint density at radius 3 is 2.76 bits per heavy atom. The molecule has 3 atom stereocenters. The molecule has 1 aromatic heterocycles. The van der Waals surface area contributed by atoms with E-state index in [4.69, 9.17) is 13.9 Å². The molecule has 0 bridgehead atoms. The third-order valence-corrected chi connectivity index (χ3v) is 8.70. The SMILES string of the molecule is COc1cccc([C@@]23CCN(CC4CC4)C[C@@]2(OC(C)=O)CC[C@@H](N(C)C(=O)/C=C/c2ccoc2)C3)c1. The van der Waals surface area contributed by atoms with Crippen molar-refractivity contribution in [3.8, 4) is 5.75 Å². The second-order valence-corrected chi connectivity index (χ2v) is 11.1. The molecule has 0 unspecified atom stereocenters. The monoisotopic (exact) mass is 506 g/mol. The lowest BCUT2D eigenvalue weighted by molar-refractivity contribution is -0.190. The van der Waals surface area contributed by atoms with Crippen molar-refractivity contribution in [2.75, 3.05) is 33.8 Å². The van der Waals surface area contributed by atoms with Gasteiger partial charge in [-0.1, -0.05) is 12.1 Å². The van der Waals surface area contributed by atoms with E-state index in [-0.39, 0.29) is 17.9 Å². The van der Waals surface area contributed by atoms with Crippen LogP contribution in [0, 0.1) is 5.92 Å². The van der Waals surface area contributed by atoms with Crippen molar-refractivity contribution in [2.45, 2.75) is 62.5 Å². The van der Waals surface area contributed by atoms with Gasteiger partial charge in [0, 0.05) is 50.2 Å². The molecule has 37 heavy (non-hydrogen) atoms. The van der Waals surface area contributed by atoms with Crippen LogP contribution in [0.5, 0.6) is 5.75 Å². The third kappa shape index (κ3) is 5.19.